The highest BCUT2D eigenvalue weighted by molar-refractivity contribution is 6.37. The third-order valence-corrected chi connectivity index (χ3v) is 9.45. The number of rotatable bonds is 12. The van der Waals surface area contributed by atoms with Gasteiger partial charge in [0.15, 0.2) is 0 Å². The summed E-state index contributed by atoms with van der Waals surface area (Å²) in [5.74, 6) is -3.41. The van der Waals surface area contributed by atoms with Gasteiger partial charge in [-0.2, -0.15) is 0 Å². The number of hydrogen-bond donors (Lipinski definition) is 4. The maximum absolute atomic E-state index is 14.5. The number of Topliss-reactive ketones (excluding diaryl/α,β-unsaturated/α-hetero) is 1. The summed E-state index contributed by atoms with van der Waals surface area (Å²) in [4.78, 5) is 81.0. The van der Waals surface area contributed by atoms with Crippen LogP contribution in [-0.2, 0) is 28.7 Å². The van der Waals surface area contributed by atoms with E-state index < -0.39 is 64.8 Å². The van der Waals surface area contributed by atoms with E-state index in [1.54, 1.807) is 20.8 Å². The number of ketones is 1. The van der Waals surface area contributed by atoms with Crippen LogP contribution in [0, 0.1) is 29.1 Å². The van der Waals surface area contributed by atoms with Gasteiger partial charge in [-0.3, -0.25) is 19.2 Å². The number of primary amides is 1. The molecule has 12 heteroatoms. The van der Waals surface area contributed by atoms with E-state index in [9.17, 15) is 28.8 Å². The van der Waals surface area contributed by atoms with Crippen molar-refractivity contribution in [3.63, 3.8) is 0 Å². The minimum atomic E-state index is -1.10. The zero-order chi connectivity index (χ0) is 34.6. The summed E-state index contributed by atoms with van der Waals surface area (Å²) in [7, 11) is 0. The van der Waals surface area contributed by atoms with Gasteiger partial charge in [0.1, 0.15) is 23.7 Å². The van der Waals surface area contributed by atoms with E-state index in [2.05, 4.69) is 16.0 Å². The van der Waals surface area contributed by atoms with Crippen molar-refractivity contribution < 1.29 is 33.5 Å². The number of hydrogen-bond acceptors (Lipinski definition) is 7. The molecule has 1 saturated heterocycles. The minimum absolute atomic E-state index is 0.0491. The molecule has 2 aliphatic carbocycles. The van der Waals surface area contributed by atoms with Crippen LogP contribution in [0.3, 0.4) is 0 Å². The molecule has 1 aliphatic heterocycles. The number of carbonyl (C=O) groups is 6. The molecule has 0 spiro atoms. The zero-order valence-electron chi connectivity index (χ0n) is 29.1. The normalized spacial score (nSPS) is 22.8. The predicted octanol–water partition coefficient (Wildman–Crippen LogP) is 3.20. The lowest BCUT2D eigenvalue weighted by atomic mass is 9.82. The summed E-state index contributed by atoms with van der Waals surface area (Å²) in [5.41, 5.74) is 3.89. The third-order valence-electron chi connectivity index (χ3n) is 9.45. The SMILES string of the molecule is CC(C)C1CCN(C(=O)[C@@H](NC(=O)N[C@@H](C(=O)OC(C)(C)C)C(C)(C)C)C2CCCCC2)[C@@H]1C(=O)NC(CC1CC1)C(=O)C(N)=O. The van der Waals surface area contributed by atoms with Crippen molar-refractivity contribution in [1.82, 2.24) is 20.9 Å². The molecule has 5 atom stereocenters. The van der Waals surface area contributed by atoms with Crippen molar-refractivity contribution >= 4 is 35.5 Å². The molecule has 260 valence electrons. The lowest BCUT2D eigenvalue weighted by molar-refractivity contribution is -0.160. The first-order chi connectivity index (χ1) is 21.3. The lowest BCUT2D eigenvalue weighted by Crippen LogP contribution is -2.61. The van der Waals surface area contributed by atoms with Gasteiger partial charge in [0.2, 0.25) is 17.6 Å². The van der Waals surface area contributed by atoms with Gasteiger partial charge in [-0.1, -0.05) is 66.7 Å². The van der Waals surface area contributed by atoms with Gasteiger partial charge in [0.25, 0.3) is 5.91 Å². The van der Waals surface area contributed by atoms with E-state index in [0.717, 1.165) is 44.9 Å². The molecule has 5 N–H and O–H groups in total. The quantitative estimate of drug-likeness (QED) is 0.186. The maximum Gasteiger partial charge on any atom is 0.329 e. The predicted molar refractivity (Wildman–Crippen MR) is 173 cm³/mol. The van der Waals surface area contributed by atoms with Crippen molar-refractivity contribution in [2.24, 2.45) is 34.8 Å². The number of nitrogens with two attached hydrogens (primary N) is 1. The number of carbonyl (C=O) groups excluding carboxylic acids is 6. The highest BCUT2D eigenvalue weighted by Crippen LogP contribution is 2.36. The number of likely N-dealkylation sites (tertiary alicyclic amines) is 1. The average molecular weight is 648 g/mol. The first-order valence-corrected chi connectivity index (χ1v) is 17.0. The Bertz CT molecular complexity index is 1150. The van der Waals surface area contributed by atoms with Crippen molar-refractivity contribution in [1.29, 1.82) is 0 Å². The first kappa shape index (κ1) is 37.3. The largest absolute Gasteiger partial charge is 0.458 e. The second-order valence-corrected chi connectivity index (χ2v) is 16.0. The number of urea groups is 1. The van der Waals surface area contributed by atoms with E-state index in [1.807, 2.05) is 34.6 Å². The molecule has 0 radical (unpaired) electrons. The molecule has 2 unspecified atom stereocenters. The molecule has 0 aromatic heterocycles. The molecule has 3 rings (SSSR count). The molecule has 46 heavy (non-hydrogen) atoms. The Morgan fingerprint density at radius 1 is 0.848 bits per heavy atom. The summed E-state index contributed by atoms with van der Waals surface area (Å²) in [5, 5.41) is 8.45. The fraction of sp³-hybridized carbons (Fsp3) is 0.824. The van der Waals surface area contributed by atoms with Gasteiger partial charge in [-0.25, -0.2) is 9.59 Å². The van der Waals surface area contributed by atoms with Crippen molar-refractivity contribution in [2.45, 2.75) is 143 Å². The van der Waals surface area contributed by atoms with Gasteiger partial charge in [0, 0.05) is 6.54 Å². The number of ether oxygens (including phenoxy) is 1. The molecule has 5 amide bonds. The summed E-state index contributed by atoms with van der Waals surface area (Å²) >= 11 is 0. The van der Waals surface area contributed by atoms with Crippen molar-refractivity contribution in [3.8, 4) is 0 Å². The second kappa shape index (κ2) is 15.2. The van der Waals surface area contributed by atoms with Gasteiger partial charge in [-0.15, -0.1) is 0 Å². The number of esters is 1. The first-order valence-electron chi connectivity index (χ1n) is 17.0. The highest BCUT2D eigenvalue weighted by atomic mass is 16.6. The number of amides is 5. The fourth-order valence-corrected chi connectivity index (χ4v) is 6.78. The Kier molecular flexibility index (Phi) is 12.3. The summed E-state index contributed by atoms with van der Waals surface area (Å²) in [6.45, 7) is 15.0. The molecule has 1 heterocycles. The van der Waals surface area contributed by atoms with Crippen LogP contribution in [0.1, 0.15) is 113 Å². The topological polar surface area (TPSA) is 177 Å². The van der Waals surface area contributed by atoms with E-state index in [0.29, 0.717) is 19.4 Å². The molecule has 3 fully saturated rings. The molecule has 0 aromatic carbocycles. The molecule has 0 aromatic rings. The van der Waals surface area contributed by atoms with Crippen LogP contribution in [-0.4, -0.2) is 76.7 Å². The summed E-state index contributed by atoms with van der Waals surface area (Å²) in [6.07, 6.45) is 7.08. The fourth-order valence-electron chi connectivity index (χ4n) is 6.78. The van der Waals surface area contributed by atoms with Crippen molar-refractivity contribution in [2.75, 3.05) is 6.54 Å². The smallest absolute Gasteiger partial charge is 0.329 e. The Morgan fingerprint density at radius 3 is 1.96 bits per heavy atom. The standard InChI is InChI=1S/C34H57N5O7/c1-19(2)22-16-17-39(25(22)29(42)36-23(18-20-14-15-20)26(40)28(35)41)30(43)24(21-12-10-9-11-13-21)37-32(45)38-27(33(3,4)5)31(44)46-34(6,7)8/h19-25,27H,9-18H2,1-8H3,(H2,35,41)(H,36,42)(H2,37,38,45)/t22?,23?,24-,25-,27-/m0/s1. The van der Waals surface area contributed by atoms with E-state index in [-0.39, 0.29) is 29.6 Å². The third kappa shape index (κ3) is 10.2. The van der Waals surface area contributed by atoms with Gasteiger partial charge in [0.05, 0.1) is 6.04 Å². The molecular formula is C34H57N5O7. The van der Waals surface area contributed by atoms with Crippen LogP contribution >= 0.6 is 0 Å². The molecule has 3 aliphatic rings. The Morgan fingerprint density at radius 2 is 1.46 bits per heavy atom. The van der Waals surface area contributed by atoms with E-state index in [1.165, 1.54) is 4.90 Å². The number of nitrogens with zero attached hydrogens (tertiary/aromatic N) is 1. The average Bonchev–Trinajstić information content (AvgIpc) is 3.65. The maximum atomic E-state index is 14.5. The van der Waals surface area contributed by atoms with Crippen LogP contribution < -0.4 is 21.7 Å². The summed E-state index contributed by atoms with van der Waals surface area (Å²) in [6, 6.07) is -4.48. The van der Waals surface area contributed by atoms with Crippen LogP contribution in [0.25, 0.3) is 0 Å². The van der Waals surface area contributed by atoms with E-state index >= 15 is 0 Å². The van der Waals surface area contributed by atoms with Crippen LogP contribution in [0.15, 0.2) is 0 Å². The Balaban J connectivity index is 1.87. The minimum Gasteiger partial charge on any atom is -0.458 e. The molecular weight excluding hydrogens is 590 g/mol. The highest BCUT2D eigenvalue weighted by Gasteiger charge is 2.48. The van der Waals surface area contributed by atoms with Crippen LogP contribution in [0.5, 0.6) is 0 Å². The van der Waals surface area contributed by atoms with Crippen LogP contribution in [0.2, 0.25) is 0 Å². The number of nitrogens with one attached hydrogen (secondary N) is 3. The molecule has 12 nitrogen and oxygen atoms in total. The monoisotopic (exact) mass is 647 g/mol. The summed E-state index contributed by atoms with van der Waals surface area (Å²) < 4.78 is 5.59. The molecule has 0 bridgehead atoms. The molecule has 2 saturated carbocycles. The van der Waals surface area contributed by atoms with Gasteiger partial charge in [-0.05, 0) is 75.5 Å². The zero-order valence-corrected chi connectivity index (χ0v) is 29.1. The van der Waals surface area contributed by atoms with Crippen LogP contribution in [0.4, 0.5) is 4.79 Å². The van der Waals surface area contributed by atoms with E-state index in [4.69, 9.17) is 10.5 Å². The van der Waals surface area contributed by atoms with Crippen molar-refractivity contribution in [3.05, 3.63) is 0 Å². The Labute approximate surface area is 274 Å². The second-order valence-electron chi connectivity index (χ2n) is 16.0. The Hall–Kier alpha value is -3.18. The van der Waals surface area contributed by atoms with Gasteiger partial charge >= 0.3 is 12.0 Å². The van der Waals surface area contributed by atoms with Gasteiger partial charge < -0.3 is 31.3 Å². The lowest BCUT2D eigenvalue weighted by Gasteiger charge is -2.37.